The maximum absolute atomic E-state index is 12.4. The van der Waals surface area contributed by atoms with Crippen LogP contribution < -0.4 is 10.6 Å². The number of nitrogens with one attached hydrogen (secondary N) is 2. The fourth-order valence-corrected chi connectivity index (χ4v) is 3.15. The number of carbonyl (C=O) groups excluding carboxylic acids is 1. The Morgan fingerprint density at radius 3 is 2.70 bits per heavy atom. The maximum atomic E-state index is 12.4. The first-order valence-corrected chi connectivity index (χ1v) is 8.24. The minimum absolute atomic E-state index is 0.188. The van der Waals surface area contributed by atoms with E-state index in [-0.39, 0.29) is 12.1 Å². The zero-order valence-corrected chi connectivity index (χ0v) is 13.6. The topological polar surface area (TPSA) is 67.2 Å². The van der Waals surface area contributed by atoms with Crippen molar-refractivity contribution in [2.75, 3.05) is 5.32 Å². The van der Waals surface area contributed by atoms with Crippen LogP contribution in [0, 0.1) is 12.8 Å². The van der Waals surface area contributed by atoms with Crippen molar-refractivity contribution in [3.8, 4) is 11.3 Å². The molecular weight excluding hydrogens is 290 g/mol. The first kappa shape index (κ1) is 15.6. The Morgan fingerprint density at radius 1 is 1.22 bits per heavy atom. The van der Waals surface area contributed by atoms with Crippen molar-refractivity contribution in [3.63, 3.8) is 0 Å². The van der Waals surface area contributed by atoms with Gasteiger partial charge in [0.2, 0.25) is 0 Å². The van der Waals surface area contributed by atoms with E-state index in [4.69, 9.17) is 4.52 Å². The number of benzene rings is 1. The van der Waals surface area contributed by atoms with Crippen LogP contribution in [-0.4, -0.2) is 17.2 Å². The first-order chi connectivity index (χ1) is 11.1. The van der Waals surface area contributed by atoms with Gasteiger partial charge in [0.25, 0.3) is 0 Å². The minimum atomic E-state index is -0.188. The van der Waals surface area contributed by atoms with Gasteiger partial charge in [0.05, 0.1) is 0 Å². The number of hydrogen-bond acceptors (Lipinski definition) is 3. The Balaban J connectivity index is 1.73. The zero-order valence-electron chi connectivity index (χ0n) is 13.6. The van der Waals surface area contributed by atoms with Gasteiger partial charge >= 0.3 is 6.03 Å². The minimum Gasteiger partial charge on any atom is -0.354 e. The maximum Gasteiger partial charge on any atom is 0.319 e. The van der Waals surface area contributed by atoms with Crippen LogP contribution in [0.4, 0.5) is 10.5 Å². The third-order valence-corrected chi connectivity index (χ3v) is 4.57. The molecule has 2 atom stereocenters. The van der Waals surface area contributed by atoms with Gasteiger partial charge in [-0.1, -0.05) is 55.3 Å². The molecule has 0 radical (unpaired) electrons. The molecule has 23 heavy (non-hydrogen) atoms. The monoisotopic (exact) mass is 313 g/mol. The fourth-order valence-electron chi connectivity index (χ4n) is 3.15. The van der Waals surface area contributed by atoms with Gasteiger partial charge in [-0.15, -0.1) is 0 Å². The molecule has 1 aromatic heterocycles. The Hall–Kier alpha value is -2.30. The van der Waals surface area contributed by atoms with Gasteiger partial charge < -0.3 is 15.2 Å². The molecule has 1 aromatic carbocycles. The van der Waals surface area contributed by atoms with Crippen LogP contribution in [0.25, 0.3) is 11.3 Å². The molecule has 0 spiro atoms. The second kappa shape index (κ2) is 6.86. The number of amides is 2. The van der Waals surface area contributed by atoms with Crippen LogP contribution in [0.15, 0.2) is 34.9 Å². The molecule has 2 N–H and O–H groups in total. The molecule has 122 valence electrons. The summed E-state index contributed by atoms with van der Waals surface area (Å²) in [7, 11) is 0. The van der Waals surface area contributed by atoms with E-state index in [1.807, 2.05) is 37.3 Å². The van der Waals surface area contributed by atoms with Gasteiger partial charge in [0.1, 0.15) is 11.4 Å². The van der Waals surface area contributed by atoms with Gasteiger partial charge in [-0.2, -0.15) is 0 Å². The molecule has 1 fully saturated rings. The van der Waals surface area contributed by atoms with Crippen LogP contribution in [0.5, 0.6) is 0 Å². The van der Waals surface area contributed by atoms with E-state index >= 15 is 0 Å². The molecule has 3 rings (SSSR count). The summed E-state index contributed by atoms with van der Waals surface area (Å²) in [6.45, 7) is 4.03. The number of anilines is 1. The van der Waals surface area contributed by atoms with Crippen LogP contribution in [0.2, 0.25) is 0 Å². The Labute approximate surface area is 136 Å². The number of aromatic nitrogens is 1. The van der Waals surface area contributed by atoms with E-state index in [9.17, 15) is 4.79 Å². The summed E-state index contributed by atoms with van der Waals surface area (Å²) in [6, 6.07) is 9.73. The Bertz CT molecular complexity index is 666. The largest absolute Gasteiger partial charge is 0.354 e. The highest BCUT2D eigenvalue weighted by atomic mass is 16.5. The smallest absolute Gasteiger partial charge is 0.319 e. The van der Waals surface area contributed by atoms with Crippen molar-refractivity contribution in [2.24, 2.45) is 5.92 Å². The normalized spacial score (nSPS) is 21.0. The lowest BCUT2D eigenvalue weighted by Crippen LogP contribution is -2.43. The van der Waals surface area contributed by atoms with E-state index < -0.39 is 0 Å². The van der Waals surface area contributed by atoms with Gasteiger partial charge in [-0.25, -0.2) is 4.79 Å². The summed E-state index contributed by atoms with van der Waals surface area (Å²) >= 11 is 0. The fraction of sp³-hybridized carbons (Fsp3) is 0.444. The van der Waals surface area contributed by atoms with Crippen LogP contribution in [0.1, 0.15) is 38.3 Å². The highest BCUT2D eigenvalue weighted by molar-refractivity contribution is 5.94. The zero-order chi connectivity index (χ0) is 16.2. The molecule has 2 amide bonds. The Kier molecular flexibility index (Phi) is 4.65. The number of rotatable bonds is 3. The van der Waals surface area contributed by atoms with Crippen LogP contribution in [0.3, 0.4) is 0 Å². The summed E-state index contributed by atoms with van der Waals surface area (Å²) in [5.74, 6) is 1.11. The van der Waals surface area contributed by atoms with Crippen molar-refractivity contribution in [1.29, 1.82) is 0 Å². The predicted molar refractivity (Wildman–Crippen MR) is 90.3 cm³/mol. The lowest BCUT2D eigenvalue weighted by atomic mass is 9.86. The molecule has 0 saturated heterocycles. The molecule has 0 bridgehead atoms. The molecule has 0 aliphatic heterocycles. The van der Waals surface area contributed by atoms with Crippen molar-refractivity contribution in [1.82, 2.24) is 10.5 Å². The third kappa shape index (κ3) is 3.55. The van der Waals surface area contributed by atoms with Gasteiger partial charge in [-0.3, -0.25) is 0 Å². The molecule has 5 heteroatoms. The van der Waals surface area contributed by atoms with Crippen molar-refractivity contribution in [3.05, 3.63) is 36.0 Å². The lowest BCUT2D eigenvalue weighted by Gasteiger charge is -2.29. The summed E-state index contributed by atoms with van der Waals surface area (Å²) in [6.07, 6.45) is 4.65. The first-order valence-electron chi connectivity index (χ1n) is 8.24. The molecule has 1 saturated carbocycles. The number of aryl methyl sites for hydroxylation is 1. The lowest BCUT2D eigenvalue weighted by molar-refractivity contribution is 0.232. The average molecular weight is 313 g/mol. The van der Waals surface area contributed by atoms with Gasteiger partial charge in [-0.05, 0) is 25.7 Å². The number of urea groups is 1. The number of hydrogen-bond donors (Lipinski definition) is 2. The predicted octanol–water partition coefficient (Wildman–Crippen LogP) is 4.35. The summed E-state index contributed by atoms with van der Waals surface area (Å²) in [5.41, 5.74) is 2.21. The Morgan fingerprint density at radius 2 is 1.96 bits per heavy atom. The summed E-state index contributed by atoms with van der Waals surface area (Å²) < 4.78 is 5.40. The van der Waals surface area contributed by atoms with Crippen LogP contribution >= 0.6 is 0 Å². The van der Waals surface area contributed by atoms with E-state index in [1.54, 1.807) is 0 Å². The van der Waals surface area contributed by atoms with Gasteiger partial charge in [0.15, 0.2) is 5.76 Å². The SMILES string of the molecule is Cc1noc(-c2ccccc2)c1NC(=O)N[C@@H]1CCCC[C@@H]1C. The van der Waals surface area contributed by atoms with Crippen molar-refractivity contribution < 1.29 is 9.32 Å². The molecule has 1 heterocycles. The van der Waals surface area contributed by atoms with E-state index in [0.717, 1.165) is 12.0 Å². The van der Waals surface area contributed by atoms with Crippen molar-refractivity contribution >= 4 is 11.7 Å². The molecule has 0 unspecified atom stereocenters. The standard InChI is InChI=1S/C18H23N3O2/c1-12-8-6-7-11-15(12)19-18(22)20-16-13(2)21-23-17(16)14-9-4-3-5-10-14/h3-5,9-10,12,15H,6-8,11H2,1-2H3,(H2,19,20,22)/t12-,15+/m0/s1. The van der Waals surface area contributed by atoms with Gasteiger partial charge in [0, 0.05) is 11.6 Å². The van der Waals surface area contributed by atoms with E-state index in [1.165, 1.54) is 19.3 Å². The highest BCUT2D eigenvalue weighted by Crippen LogP contribution is 2.31. The molecule has 1 aliphatic carbocycles. The quantitative estimate of drug-likeness (QED) is 0.885. The summed E-state index contributed by atoms with van der Waals surface area (Å²) in [4.78, 5) is 12.4. The highest BCUT2D eigenvalue weighted by Gasteiger charge is 2.24. The molecule has 5 nitrogen and oxygen atoms in total. The molecular formula is C18H23N3O2. The third-order valence-electron chi connectivity index (χ3n) is 4.57. The molecule has 2 aromatic rings. The summed E-state index contributed by atoms with van der Waals surface area (Å²) in [5, 5.41) is 10.0. The number of nitrogens with zero attached hydrogens (tertiary/aromatic N) is 1. The van der Waals surface area contributed by atoms with Crippen molar-refractivity contribution in [2.45, 2.75) is 45.6 Å². The van der Waals surface area contributed by atoms with Crippen LogP contribution in [-0.2, 0) is 0 Å². The average Bonchev–Trinajstić information content (AvgIpc) is 2.91. The van der Waals surface area contributed by atoms with E-state index in [2.05, 4.69) is 22.7 Å². The molecule has 1 aliphatic rings. The van der Waals surface area contributed by atoms with E-state index in [0.29, 0.717) is 23.1 Å². The second-order valence-corrected chi connectivity index (χ2v) is 6.30. The number of carbonyl (C=O) groups is 1. The second-order valence-electron chi connectivity index (χ2n) is 6.30.